The molecule has 1 heterocycles. The zero-order valence-corrected chi connectivity index (χ0v) is 10.5. The van der Waals surface area contributed by atoms with Crippen molar-refractivity contribution in [3.05, 3.63) is 0 Å². The van der Waals surface area contributed by atoms with Gasteiger partial charge in [0.25, 0.3) is 0 Å². The molecule has 0 aromatic heterocycles. The number of likely N-dealkylation sites (tertiary alicyclic amines) is 1. The second-order valence-corrected chi connectivity index (χ2v) is 4.99. The minimum absolute atomic E-state index is 0.619. The van der Waals surface area contributed by atoms with Crippen LogP contribution in [0.1, 0.15) is 52.4 Å². The lowest BCUT2D eigenvalue weighted by molar-refractivity contribution is 0.138. The summed E-state index contributed by atoms with van der Waals surface area (Å²) in [4.78, 5) is 2.65. The lowest BCUT2D eigenvalue weighted by atomic mass is 9.96. The fraction of sp³-hybridized carbons (Fsp3) is 1.00. The topological polar surface area (TPSA) is 29.3 Å². The van der Waals surface area contributed by atoms with Crippen LogP contribution in [0, 0.1) is 5.92 Å². The molecule has 0 amide bonds. The molecular weight excluding hydrogens is 184 g/mol. The Balaban J connectivity index is 2.47. The van der Waals surface area contributed by atoms with E-state index in [0.717, 1.165) is 12.5 Å². The maximum absolute atomic E-state index is 5.93. The molecule has 0 bridgehead atoms. The normalized spacial score (nSPS) is 24.2. The van der Waals surface area contributed by atoms with Gasteiger partial charge in [-0.15, -0.1) is 0 Å². The van der Waals surface area contributed by atoms with Crippen molar-refractivity contribution in [3.8, 4) is 0 Å². The first kappa shape index (κ1) is 13.0. The second kappa shape index (κ2) is 7.24. The van der Waals surface area contributed by atoms with Crippen molar-refractivity contribution < 1.29 is 0 Å². The van der Waals surface area contributed by atoms with E-state index in [4.69, 9.17) is 5.73 Å². The van der Waals surface area contributed by atoms with E-state index in [2.05, 4.69) is 18.7 Å². The van der Waals surface area contributed by atoms with Crippen LogP contribution in [0.5, 0.6) is 0 Å². The zero-order valence-electron chi connectivity index (χ0n) is 10.5. The van der Waals surface area contributed by atoms with Gasteiger partial charge in [-0.05, 0) is 31.8 Å². The first-order chi connectivity index (χ1) is 7.29. The van der Waals surface area contributed by atoms with Gasteiger partial charge < -0.3 is 5.73 Å². The summed E-state index contributed by atoms with van der Waals surface area (Å²) in [5, 5.41) is 0. The van der Waals surface area contributed by atoms with Gasteiger partial charge in [-0.2, -0.15) is 0 Å². The smallest absolute Gasteiger partial charge is 0.0243 e. The molecule has 1 rings (SSSR count). The summed E-state index contributed by atoms with van der Waals surface area (Å²) in [6.45, 7) is 7.99. The Morgan fingerprint density at radius 1 is 1.07 bits per heavy atom. The molecule has 2 heteroatoms. The number of hydrogen-bond donors (Lipinski definition) is 1. The molecule has 0 aromatic carbocycles. The third kappa shape index (κ3) is 4.12. The zero-order chi connectivity index (χ0) is 11.1. The minimum atomic E-state index is 0.619. The number of nitrogens with two attached hydrogens (primary N) is 1. The summed E-state index contributed by atoms with van der Waals surface area (Å²) in [5.74, 6) is 0.745. The lowest BCUT2D eigenvalue weighted by Gasteiger charge is -2.35. The van der Waals surface area contributed by atoms with Crippen LogP contribution in [-0.4, -0.2) is 30.6 Å². The molecule has 0 spiro atoms. The van der Waals surface area contributed by atoms with Crippen LogP contribution in [0.2, 0.25) is 0 Å². The second-order valence-electron chi connectivity index (χ2n) is 4.99. The van der Waals surface area contributed by atoms with Gasteiger partial charge in [0, 0.05) is 12.6 Å². The van der Waals surface area contributed by atoms with E-state index in [-0.39, 0.29) is 0 Å². The molecular formula is C13H28N2. The van der Waals surface area contributed by atoms with Crippen LogP contribution < -0.4 is 5.73 Å². The molecule has 2 N–H and O–H groups in total. The van der Waals surface area contributed by atoms with Crippen LogP contribution in [0.4, 0.5) is 0 Å². The van der Waals surface area contributed by atoms with E-state index in [1.54, 1.807) is 0 Å². The monoisotopic (exact) mass is 212 g/mol. The van der Waals surface area contributed by atoms with Gasteiger partial charge in [0.2, 0.25) is 0 Å². The fourth-order valence-corrected chi connectivity index (χ4v) is 2.62. The van der Waals surface area contributed by atoms with Crippen LogP contribution in [0.25, 0.3) is 0 Å². The van der Waals surface area contributed by atoms with Crippen molar-refractivity contribution in [3.63, 3.8) is 0 Å². The molecule has 1 saturated heterocycles. The summed E-state index contributed by atoms with van der Waals surface area (Å²) in [7, 11) is 0. The minimum Gasteiger partial charge on any atom is -0.329 e. The molecule has 0 radical (unpaired) electrons. The summed E-state index contributed by atoms with van der Waals surface area (Å²) in [6, 6.07) is 0.619. The summed E-state index contributed by atoms with van der Waals surface area (Å²) >= 11 is 0. The van der Waals surface area contributed by atoms with Gasteiger partial charge in [0.1, 0.15) is 0 Å². The van der Waals surface area contributed by atoms with Gasteiger partial charge >= 0.3 is 0 Å². The molecule has 2 nitrogen and oxygen atoms in total. The van der Waals surface area contributed by atoms with Crippen LogP contribution in [0.3, 0.4) is 0 Å². The van der Waals surface area contributed by atoms with Gasteiger partial charge in [-0.25, -0.2) is 0 Å². The summed E-state index contributed by atoms with van der Waals surface area (Å²) < 4.78 is 0. The maximum Gasteiger partial charge on any atom is 0.0243 e. The van der Waals surface area contributed by atoms with Gasteiger partial charge in [0.05, 0.1) is 0 Å². The molecule has 0 aromatic rings. The third-order valence-corrected chi connectivity index (χ3v) is 3.90. The van der Waals surface area contributed by atoms with E-state index in [1.165, 1.54) is 51.6 Å². The molecule has 0 aliphatic carbocycles. The Hall–Kier alpha value is -0.0800. The molecule has 15 heavy (non-hydrogen) atoms. The molecule has 2 atom stereocenters. The largest absolute Gasteiger partial charge is 0.329 e. The molecule has 0 saturated carbocycles. The van der Waals surface area contributed by atoms with Crippen LogP contribution in [-0.2, 0) is 0 Å². The highest BCUT2D eigenvalue weighted by atomic mass is 15.2. The Labute approximate surface area is 95.2 Å². The Bertz CT molecular complexity index is 151. The fourth-order valence-electron chi connectivity index (χ4n) is 2.62. The summed E-state index contributed by atoms with van der Waals surface area (Å²) in [5.41, 5.74) is 5.93. The van der Waals surface area contributed by atoms with Crippen molar-refractivity contribution in [2.24, 2.45) is 11.7 Å². The highest BCUT2D eigenvalue weighted by Gasteiger charge is 2.22. The summed E-state index contributed by atoms with van der Waals surface area (Å²) in [6.07, 6.45) is 8.24. The van der Waals surface area contributed by atoms with Crippen molar-refractivity contribution >= 4 is 0 Å². The van der Waals surface area contributed by atoms with E-state index < -0.39 is 0 Å². The molecule has 90 valence electrons. The van der Waals surface area contributed by atoms with E-state index in [0.29, 0.717) is 6.04 Å². The van der Waals surface area contributed by atoms with Gasteiger partial charge in [0.15, 0.2) is 0 Å². The van der Waals surface area contributed by atoms with E-state index in [9.17, 15) is 0 Å². The van der Waals surface area contributed by atoms with E-state index in [1.807, 2.05) is 0 Å². The van der Waals surface area contributed by atoms with Gasteiger partial charge in [-0.1, -0.05) is 39.5 Å². The number of hydrogen-bond acceptors (Lipinski definition) is 2. The SMILES string of the molecule is CCC(C)C(CN)N1CCCCCCC1. The molecule has 1 fully saturated rings. The first-order valence-corrected chi connectivity index (χ1v) is 6.73. The Morgan fingerprint density at radius 3 is 2.07 bits per heavy atom. The van der Waals surface area contributed by atoms with Crippen molar-refractivity contribution in [1.82, 2.24) is 4.90 Å². The maximum atomic E-state index is 5.93. The van der Waals surface area contributed by atoms with Crippen molar-refractivity contribution in [2.45, 2.75) is 58.4 Å². The average molecular weight is 212 g/mol. The van der Waals surface area contributed by atoms with Crippen LogP contribution in [0.15, 0.2) is 0 Å². The average Bonchev–Trinajstić information content (AvgIpc) is 2.21. The lowest BCUT2D eigenvalue weighted by Crippen LogP contribution is -2.46. The number of nitrogens with zero attached hydrogens (tertiary/aromatic N) is 1. The van der Waals surface area contributed by atoms with Crippen molar-refractivity contribution in [1.29, 1.82) is 0 Å². The van der Waals surface area contributed by atoms with Crippen LogP contribution >= 0.6 is 0 Å². The number of rotatable bonds is 4. The van der Waals surface area contributed by atoms with Gasteiger partial charge in [-0.3, -0.25) is 4.90 Å². The predicted octanol–water partition coefficient (Wildman–Crippen LogP) is 2.63. The van der Waals surface area contributed by atoms with Crippen molar-refractivity contribution in [2.75, 3.05) is 19.6 Å². The van der Waals surface area contributed by atoms with E-state index >= 15 is 0 Å². The Kier molecular flexibility index (Phi) is 6.26. The highest BCUT2D eigenvalue weighted by Crippen LogP contribution is 2.18. The standard InChI is InChI=1S/C13H28N2/c1-3-12(2)13(11-14)15-9-7-5-4-6-8-10-15/h12-13H,3-11,14H2,1-2H3. The first-order valence-electron chi connectivity index (χ1n) is 6.73. The molecule has 1 aliphatic rings. The quantitative estimate of drug-likeness (QED) is 0.776. The Morgan fingerprint density at radius 2 is 1.60 bits per heavy atom. The molecule has 2 unspecified atom stereocenters. The third-order valence-electron chi connectivity index (χ3n) is 3.90. The highest BCUT2D eigenvalue weighted by molar-refractivity contribution is 4.78. The predicted molar refractivity (Wildman–Crippen MR) is 67.0 cm³/mol. The molecule has 1 aliphatic heterocycles.